The second-order valence-electron chi connectivity index (χ2n) is 4.75. The van der Waals surface area contributed by atoms with Crippen LogP contribution in [0.5, 0.6) is 0 Å². The molecular weight excluding hydrogens is 324 g/mol. The molecule has 110 valence electrons. The van der Waals surface area contributed by atoms with Gasteiger partial charge in [-0.3, -0.25) is 9.59 Å². The minimum Gasteiger partial charge on any atom is -0.396 e. The Morgan fingerprint density at radius 1 is 1.35 bits per heavy atom. The SMILES string of the molecule is Cc1ccc(NC(=O)C(=O)NCC(C)CCO)cc1Br. The lowest BCUT2D eigenvalue weighted by Crippen LogP contribution is -2.37. The summed E-state index contributed by atoms with van der Waals surface area (Å²) in [5, 5.41) is 13.8. The lowest BCUT2D eigenvalue weighted by Gasteiger charge is -2.11. The Balaban J connectivity index is 2.49. The van der Waals surface area contributed by atoms with Gasteiger partial charge in [-0.25, -0.2) is 0 Å². The Morgan fingerprint density at radius 2 is 2.05 bits per heavy atom. The first kappa shape index (κ1) is 16.7. The van der Waals surface area contributed by atoms with Gasteiger partial charge in [0.2, 0.25) is 0 Å². The molecule has 6 heteroatoms. The van der Waals surface area contributed by atoms with Gasteiger partial charge >= 0.3 is 11.8 Å². The number of benzene rings is 1. The number of halogens is 1. The van der Waals surface area contributed by atoms with Crippen LogP contribution < -0.4 is 10.6 Å². The average molecular weight is 343 g/mol. The molecule has 3 N–H and O–H groups in total. The first-order valence-electron chi connectivity index (χ1n) is 6.40. The number of aliphatic hydroxyl groups is 1. The van der Waals surface area contributed by atoms with E-state index < -0.39 is 11.8 Å². The van der Waals surface area contributed by atoms with Crippen LogP contribution in [0.25, 0.3) is 0 Å². The predicted octanol–water partition coefficient (Wildman–Crippen LogP) is 1.83. The molecule has 1 rings (SSSR count). The van der Waals surface area contributed by atoms with Gasteiger partial charge in [0.1, 0.15) is 0 Å². The first-order valence-corrected chi connectivity index (χ1v) is 7.19. The van der Waals surface area contributed by atoms with Crippen molar-refractivity contribution in [3.05, 3.63) is 28.2 Å². The highest BCUT2D eigenvalue weighted by Gasteiger charge is 2.14. The summed E-state index contributed by atoms with van der Waals surface area (Å²) in [4.78, 5) is 23.3. The topological polar surface area (TPSA) is 78.4 Å². The zero-order chi connectivity index (χ0) is 15.1. The Morgan fingerprint density at radius 3 is 2.65 bits per heavy atom. The summed E-state index contributed by atoms with van der Waals surface area (Å²) in [5.74, 6) is -1.24. The number of carbonyl (C=O) groups excluding carboxylic acids is 2. The summed E-state index contributed by atoms with van der Waals surface area (Å²) in [5.41, 5.74) is 1.61. The molecule has 0 aromatic heterocycles. The Bertz CT molecular complexity index is 491. The number of aliphatic hydroxyl groups excluding tert-OH is 1. The van der Waals surface area contributed by atoms with Crippen LogP contribution in [0.2, 0.25) is 0 Å². The normalized spacial score (nSPS) is 11.8. The highest BCUT2D eigenvalue weighted by molar-refractivity contribution is 9.10. The standard InChI is InChI=1S/C14H19BrN2O3/c1-9(5-6-18)8-16-13(19)14(20)17-11-4-3-10(2)12(15)7-11/h3-4,7,9,18H,5-6,8H2,1-2H3,(H,16,19)(H,17,20). The molecule has 1 aromatic rings. The lowest BCUT2D eigenvalue weighted by atomic mass is 10.1. The van der Waals surface area contributed by atoms with Crippen molar-refractivity contribution in [1.82, 2.24) is 5.32 Å². The largest absolute Gasteiger partial charge is 0.396 e. The molecule has 1 aromatic carbocycles. The van der Waals surface area contributed by atoms with Crippen molar-refractivity contribution in [3.8, 4) is 0 Å². The minimum absolute atomic E-state index is 0.0701. The number of rotatable bonds is 5. The van der Waals surface area contributed by atoms with Crippen molar-refractivity contribution >= 4 is 33.4 Å². The van der Waals surface area contributed by atoms with Gasteiger partial charge in [0.15, 0.2) is 0 Å². The molecule has 20 heavy (non-hydrogen) atoms. The maximum Gasteiger partial charge on any atom is 0.313 e. The first-order chi connectivity index (χ1) is 9.43. The monoisotopic (exact) mass is 342 g/mol. The van der Waals surface area contributed by atoms with Crippen molar-refractivity contribution in [2.75, 3.05) is 18.5 Å². The smallest absolute Gasteiger partial charge is 0.313 e. The zero-order valence-electron chi connectivity index (χ0n) is 11.6. The fraction of sp³-hybridized carbons (Fsp3) is 0.429. The molecule has 0 aliphatic rings. The highest BCUT2D eigenvalue weighted by Crippen LogP contribution is 2.20. The molecule has 0 saturated carbocycles. The van der Waals surface area contributed by atoms with Gasteiger partial charge in [0.25, 0.3) is 0 Å². The number of anilines is 1. The summed E-state index contributed by atoms with van der Waals surface area (Å²) in [6.45, 7) is 4.27. The van der Waals surface area contributed by atoms with E-state index in [1.54, 1.807) is 12.1 Å². The van der Waals surface area contributed by atoms with E-state index in [1.165, 1.54) is 0 Å². The van der Waals surface area contributed by atoms with E-state index in [1.807, 2.05) is 19.9 Å². The molecule has 2 amide bonds. The third kappa shape index (κ3) is 5.30. The molecule has 1 unspecified atom stereocenters. The third-order valence-electron chi connectivity index (χ3n) is 2.87. The van der Waals surface area contributed by atoms with Gasteiger partial charge in [-0.2, -0.15) is 0 Å². The average Bonchev–Trinajstić information content (AvgIpc) is 2.40. The molecule has 0 spiro atoms. The molecule has 0 aliphatic carbocycles. The quantitative estimate of drug-likeness (QED) is 0.714. The van der Waals surface area contributed by atoms with E-state index in [4.69, 9.17) is 5.11 Å². The number of hydrogen-bond donors (Lipinski definition) is 3. The van der Waals surface area contributed by atoms with Crippen molar-refractivity contribution in [3.63, 3.8) is 0 Å². The second kappa shape index (κ2) is 8.01. The fourth-order valence-electron chi connectivity index (χ4n) is 1.53. The molecular formula is C14H19BrN2O3. The van der Waals surface area contributed by atoms with Crippen LogP contribution in [0.4, 0.5) is 5.69 Å². The number of amides is 2. The van der Waals surface area contributed by atoms with Gasteiger partial charge in [-0.05, 0) is 37.0 Å². The summed E-state index contributed by atoms with van der Waals surface area (Å²) in [6, 6.07) is 5.33. The highest BCUT2D eigenvalue weighted by atomic mass is 79.9. The van der Waals surface area contributed by atoms with E-state index in [0.717, 1.165) is 10.0 Å². The van der Waals surface area contributed by atoms with E-state index in [2.05, 4.69) is 26.6 Å². The van der Waals surface area contributed by atoms with E-state index >= 15 is 0 Å². The molecule has 0 heterocycles. The molecule has 0 bridgehead atoms. The van der Waals surface area contributed by atoms with Gasteiger partial charge in [0, 0.05) is 23.3 Å². The van der Waals surface area contributed by atoms with Crippen molar-refractivity contribution in [2.24, 2.45) is 5.92 Å². The number of hydrogen-bond acceptors (Lipinski definition) is 3. The molecule has 0 saturated heterocycles. The molecule has 5 nitrogen and oxygen atoms in total. The van der Waals surface area contributed by atoms with Gasteiger partial charge in [0.05, 0.1) is 0 Å². The summed E-state index contributed by atoms with van der Waals surface area (Å²) in [7, 11) is 0. The second-order valence-corrected chi connectivity index (χ2v) is 5.60. The predicted molar refractivity (Wildman–Crippen MR) is 81.4 cm³/mol. The van der Waals surface area contributed by atoms with Crippen LogP contribution in [0, 0.1) is 12.8 Å². The Labute approximate surface area is 126 Å². The fourth-order valence-corrected chi connectivity index (χ4v) is 1.91. The van der Waals surface area contributed by atoms with Crippen LogP contribution in [0.1, 0.15) is 18.9 Å². The summed E-state index contributed by atoms with van der Waals surface area (Å²) < 4.78 is 0.868. The summed E-state index contributed by atoms with van der Waals surface area (Å²) in [6.07, 6.45) is 0.590. The van der Waals surface area contributed by atoms with Gasteiger partial charge in [-0.15, -0.1) is 0 Å². The number of aryl methyl sites for hydroxylation is 1. The maximum atomic E-state index is 11.7. The van der Waals surface area contributed by atoms with Gasteiger partial charge < -0.3 is 15.7 Å². The lowest BCUT2D eigenvalue weighted by molar-refractivity contribution is -0.136. The van der Waals surface area contributed by atoms with Crippen molar-refractivity contribution < 1.29 is 14.7 Å². The maximum absolute atomic E-state index is 11.7. The Kier molecular flexibility index (Phi) is 6.67. The van der Waals surface area contributed by atoms with Crippen LogP contribution in [0.3, 0.4) is 0 Å². The van der Waals surface area contributed by atoms with E-state index in [9.17, 15) is 9.59 Å². The molecule has 0 fully saturated rings. The van der Waals surface area contributed by atoms with E-state index in [0.29, 0.717) is 18.7 Å². The number of nitrogens with one attached hydrogen (secondary N) is 2. The van der Waals surface area contributed by atoms with Crippen molar-refractivity contribution in [1.29, 1.82) is 0 Å². The van der Waals surface area contributed by atoms with Gasteiger partial charge in [-0.1, -0.05) is 28.9 Å². The minimum atomic E-state index is -0.697. The van der Waals surface area contributed by atoms with Crippen LogP contribution in [0.15, 0.2) is 22.7 Å². The summed E-state index contributed by atoms with van der Waals surface area (Å²) >= 11 is 3.36. The zero-order valence-corrected chi connectivity index (χ0v) is 13.2. The van der Waals surface area contributed by atoms with Crippen molar-refractivity contribution in [2.45, 2.75) is 20.3 Å². The molecule has 0 radical (unpaired) electrons. The van der Waals surface area contributed by atoms with Crippen LogP contribution >= 0.6 is 15.9 Å². The molecule has 0 aliphatic heterocycles. The van der Waals surface area contributed by atoms with Crippen LogP contribution in [-0.2, 0) is 9.59 Å². The van der Waals surface area contributed by atoms with Crippen LogP contribution in [-0.4, -0.2) is 30.1 Å². The van der Waals surface area contributed by atoms with E-state index in [-0.39, 0.29) is 12.5 Å². The molecule has 1 atom stereocenters. The number of carbonyl (C=O) groups is 2. The third-order valence-corrected chi connectivity index (χ3v) is 3.72. The Hall–Kier alpha value is -1.40.